The number of nitrogens with zero attached hydrogens (tertiary/aromatic N) is 2. The molecule has 0 aliphatic heterocycles. The van der Waals surface area contributed by atoms with Gasteiger partial charge in [0.1, 0.15) is 23.3 Å². The number of nitrogens with two attached hydrogens (primary N) is 1. The second-order valence-corrected chi connectivity index (χ2v) is 6.02. The molecule has 0 saturated carbocycles. The molecular weight excluding hydrogens is 267 g/mol. The third kappa shape index (κ3) is 4.15. The molecule has 0 amide bonds. The van der Waals surface area contributed by atoms with E-state index >= 15 is 0 Å². The molecule has 4 nitrogen and oxygen atoms in total. The molecule has 0 aliphatic carbocycles. The summed E-state index contributed by atoms with van der Waals surface area (Å²) in [5, 5.41) is 3.18. The number of aromatic nitrogens is 2. The number of halogens is 1. The molecule has 0 saturated heterocycles. The SMILES string of the molecule is CC(C)(C)c1nc(N)cc(NCCc2ccccc2F)n1. The van der Waals surface area contributed by atoms with Gasteiger partial charge in [-0.2, -0.15) is 0 Å². The molecule has 0 bridgehead atoms. The van der Waals surface area contributed by atoms with Crippen molar-refractivity contribution in [2.45, 2.75) is 32.6 Å². The lowest BCUT2D eigenvalue weighted by Crippen LogP contribution is -2.18. The zero-order chi connectivity index (χ0) is 15.5. The molecule has 0 spiro atoms. The van der Waals surface area contributed by atoms with Crippen LogP contribution in [0.2, 0.25) is 0 Å². The molecule has 1 heterocycles. The lowest BCUT2D eigenvalue weighted by atomic mass is 9.96. The standard InChI is InChI=1S/C16H21FN4/c1-16(2,3)15-20-13(18)10-14(21-15)19-9-8-11-6-4-5-7-12(11)17/h4-7,10H,8-9H2,1-3H3,(H3,18,19,20,21). The summed E-state index contributed by atoms with van der Waals surface area (Å²) in [6.07, 6.45) is 0.585. The van der Waals surface area contributed by atoms with Gasteiger partial charge in [0, 0.05) is 18.0 Å². The maximum absolute atomic E-state index is 13.5. The van der Waals surface area contributed by atoms with Crippen molar-refractivity contribution in [3.8, 4) is 0 Å². The molecule has 112 valence electrons. The molecule has 0 atom stereocenters. The Balaban J connectivity index is 2.04. The van der Waals surface area contributed by atoms with Crippen LogP contribution in [0, 0.1) is 5.82 Å². The van der Waals surface area contributed by atoms with E-state index in [1.54, 1.807) is 18.2 Å². The quantitative estimate of drug-likeness (QED) is 0.907. The van der Waals surface area contributed by atoms with Gasteiger partial charge in [-0.05, 0) is 18.1 Å². The smallest absolute Gasteiger partial charge is 0.138 e. The first kappa shape index (κ1) is 15.2. The van der Waals surface area contributed by atoms with Gasteiger partial charge in [-0.15, -0.1) is 0 Å². The van der Waals surface area contributed by atoms with E-state index in [1.807, 2.05) is 26.8 Å². The molecule has 5 heteroatoms. The van der Waals surface area contributed by atoms with Crippen LogP contribution in [-0.4, -0.2) is 16.5 Å². The van der Waals surface area contributed by atoms with E-state index in [1.165, 1.54) is 6.07 Å². The zero-order valence-corrected chi connectivity index (χ0v) is 12.7. The average Bonchev–Trinajstić information content (AvgIpc) is 2.39. The predicted octanol–water partition coefficient (Wildman–Crippen LogP) is 3.15. The van der Waals surface area contributed by atoms with Gasteiger partial charge < -0.3 is 11.1 Å². The van der Waals surface area contributed by atoms with E-state index in [2.05, 4.69) is 15.3 Å². The Morgan fingerprint density at radius 2 is 1.90 bits per heavy atom. The summed E-state index contributed by atoms with van der Waals surface area (Å²) in [5.41, 5.74) is 6.33. The van der Waals surface area contributed by atoms with Gasteiger partial charge in [-0.25, -0.2) is 14.4 Å². The topological polar surface area (TPSA) is 63.8 Å². The summed E-state index contributed by atoms with van der Waals surface area (Å²) >= 11 is 0. The fourth-order valence-electron chi connectivity index (χ4n) is 1.92. The van der Waals surface area contributed by atoms with Crippen molar-refractivity contribution < 1.29 is 4.39 Å². The molecule has 0 radical (unpaired) electrons. The first-order valence-electron chi connectivity index (χ1n) is 6.98. The van der Waals surface area contributed by atoms with Gasteiger partial charge in [0.2, 0.25) is 0 Å². The average molecular weight is 288 g/mol. The number of nitrogens with one attached hydrogen (secondary N) is 1. The van der Waals surface area contributed by atoms with Crippen molar-refractivity contribution in [1.82, 2.24) is 9.97 Å². The molecule has 3 N–H and O–H groups in total. The normalized spacial score (nSPS) is 11.4. The van der Waals surface area contributed by atoms with Gasteiger partial charge in [0.25, 0.3) is 0 Å². The van der Waals surface area contributed by atoms with Crippen LogP contribution in [0.15, 0.2) is 30.3 Å². The molecular formula is C16H21FN4. The lowest BCUT2D eigenvalue weighted by Gasteiger charge is -2.18. The van der Waals surface area contributed by atoms with Crippen molar-refractivity contribution in [3.63, 3.8) is 0 Å². The van der Waals surface area contributed by atoms with Gasteiger partial charge in [-0.1, -0.05) is 39.0 Å². The highest BCUT2D eigenvalue weighted by Crippen LogP contribution is 2.21. The van der Waals surface area contributed by atoms with E-state index in [0.717, 1.165) is 0 Å². The van der Waals surface area contributed by atoms with E-state index in [9.17, 15) is 4.39 Å². The van der Waals surface area contributed by atoms with Gasteiger partial charge in [0.05, 0.1) is 0 Å². The van der Waals surface area contributed by atoms with Crippen LogP contribution in [0.25, 0.3) is 0 Å². The molecule has 2 aromatic rings. The fraction of sp³-hybridized carbons (Fsp3) is 0.375. The van der Waals surface area contributed by atoms with Crippen molar-refractivity contribution in [2.24, 2.45) is 0 Å². The number of hydrogen-bond acceptors (Lipinski definition) is 4. The number of rotatable bonds is 4. The predicted molar refractivity (Wildman–Crippen MR) is 83.7 cm³/mol. The van der Waals surface area contributed by atoms with E-state index in [0.29, 0.717) is 36.0 Å². The molecule has 1 aromatic heterocycles. The first-order valence-corrected chi connectivity index (χ1v) is 6.98. The highest BCUT2D eigenvalue weighted by Gasteiger charge is 2.18. The van der Waals surface area contributed by atoms with Crippen LogP contribution >= 0.6 is 0 Å². The van der Waals surface area contributed by atoms with E-state index in [-0.39, 0.29) is 11.2 Å². The van der Waals surface area contributed by atoms with Crippen molar-refractivity contribution in [3.05, 3.63) is 47.5 Å². The monoisotopic (exact) mass is 288 g/mol. The summed E-state index contributed by atoms with van der Waals surface area (Å²) in [6.45, 7) is 6.68. The highest BCUT2D eigenvalue weighted by molar-refractivity contribution is 5.45. The van der Waals surface area contributed by atoms with Crippen molar-refractivity contribution >= 4 is 11.6 Å². The minimum Gasteiger partial charge on any atom is -0.384 e. The minimum atomic E-state index is -0.183. The van der Waals surface area contributed by atoms with Crippen molar-refractivity contribution in [1.29, 1.82) is 0 Å². The summed E-state index contributed by atoms with van der Waals surface area (Å²) in [4.78, 5) is 8.71. The van der Waals surface area contributed by atoms with Gasteiger partial charge in [0.15, 0.2) is 0 Å². The summed E-state index contributed by atoms with van der Waals surface area (Å²) in [6, 6.07) is 8.46. The van der Waals surface area contributed by atoms with Gasteiger partial charge >= 0.3 is 0 Å². The van der Waals surface area contributed by atoms with Crippen LogP contribution < -0.4 is 11.1 Å². The molecule has 2 rings (SSSR count). The number of anilines is 2. The summed E-state index contributed by atoms with van der Waals surface area (Å²) in [5.74, 6) is 1.61. The maximum atomic E-state index is 13.5. The van der Waals surface area contributed by atoms with Gasteiger partial charge in [-0.3, -0.25) is 0 Å². The number of hydrogen-bond donors (Lipinski definition) is 2. The second-order valence-electron chi connectivity index (χ2n) is 6.02. The first-order chi connectivity index (χ1) is 9.86. The zero-order valence-electron chi connectivity index (χ0n) is 12.7. The Morgan fingerprint density at radius 3 is 2.57 bits per heavy atom. The molecule has 21 heavy (non-hydrogen) atoms. The molecule has 0 aliphatic rings. The Hall–Kier alpha value is -2.17. The maximum Gasteiger partial charge on any atom is 0.138 e. The fourth-order valence-corrected chi connectivity index (χ4v) is 1.92. The Labute approximate surface area is 124 Å². The third-order valence-electron chi connectivity index (χ3n) is 3.08. The third-order valence-corrected chi connectivity index (χ3v) is 3.08. The van der Waals surface area contributed by atoms with Crippen LogP contribution in [0.4, 0.5) is 16.0 Å². The molecule has 1 aromatic carbocycles. The highest BCUT2D eigenvalue weighted by atomic mass is 19.1. The summed E-state index contributed by atoms with van der Waals surface area (Å²) in [7, 11) is 0. The molecule has 0 unspecified atom stereocenters. The largest absolute Gasteiger partial charge is 0.384 e. The minimum absolute atomic E-state index is 0.169. The van der Waals surface area contributed by atoms with Crippen molar-refractivity contribution in [2.75, 3.05) is 17.6 Å². The van der Waals surface area contributed by atoms with Crippen LogP contribution in [0.1, 0.15) is 32.2 Å². The van der Waals surface area contributed by atoms with Crippen LogP contribution in [-0.2, 0) is 11.8 Å². The second kappa shape index (κ2) is 6.08. The Morgan fingerprint density at radius 1 is 1.19 bits per heavy atom. The Bertz CT molecular complexity index is 620. The Kier molecular flexibility index (Phi) is 4.40. The van der Waals surface area contributed by atoms with Crippen LogP contribution in [0.3, 0.4) is 0 Å². The van der Waals surface area contributed by atoms with E-state index in [4.69, 9.17) is 5.73 Å². The summed E-state index contributed by atoms with van der Waals surface area (Å²) < 4.78 is 13.5. The van der Waals surface area contributed by atoms with E-state index < -0.39 is 0 Å². The molecule has 0 fully saturated rings. The number of benzene rings is 1. The lowest BCUT2D eigenvalue weighted by molar-refractivity contribution is 0.547. The van der Waals surface area contributed by atoms with Crippen LogP contribution in [0.5, 0.6) is 0 Å². The number of nitrogen functional groups attached to an aromatic ring is 1.